The van der Waals surface area contributed by atoms with Crippen molar-refractivity contribution >= 4 is 56.6 Å². The number of amides is 1. The van der Waals surface area contributed by atoms with Gasteiger partial charge in [-0.2, -0.15) is 11.8 Å². The molecule has 1 amide bonds. The van der Waals surface area contributed by atoms with E-state index in [0.717, 1.165) is 28.3 Å². The van der Waals surface area contributed by atoms with Crippen LogP contribution >= 0.6 is 35.0 Å². The van der Waals surface area contributed by atoms with Crippen LogP contribution in [0.15, 0.2) is 42.5 Å². The number of carbonyl (C=O) groups is 1. The van der Waals surface area contributed by atoms with Gasteiger partial charge in [-0.1, -0.05) is 41.4 Å². The van der Waals surface area contributed by atoms with Crippen LogP contribution in [-0.2, 0) is 15.8 Å². The molecule has 2 aromatic rings. The lowest BCUT2D eigenvalue weighted by Gasteiger charge is -2.09. The lowest BCUT2D eigenvalue weighted by atomic mass is 10.2. The van der Waals surface area contributed by atoms with Crippen molar-refractivity contribution in [2.45, 2.75) is 5.75 Å². The van der Waals surface area contributed by atoms with Gasteiger partial charge in [0.05, 0.1) is 16.8 Å². The normalized spacial score (nSPS) is 11.2. The van der Waals surface area contributed by atoms with Crippen LogP contribution in [0.25, 0.3) is 0 Å². The number of halogens is 2. The zero-order valence-corrected chi connectivity index (χ0v) is 17.1. The summed E-state index contributed by atoms with van der Waals surface area (Å²) < 4.78 is 24.7. The first kappa shape index (κ1) is 20.9. The highest BCUT2D eigenvalue weighted by molar-refractivity contribution is 7.98. The van der Waals surface area contributed by atoms with Gasteiger partial charge in [0.1, 0.15) is 0 Å². The van der Waals surface area contributed by atoms with E-state index in [-0.39, 0.29) is 10.9 Å². The third-order valence-electron chi connectivity index (χ3n) is 3.26. The van der Waals surface area contributed by atoms with E-state index < -0.39 is 10.0 Å². The number of anilines is 1. The summed E-state index contributed by atoms with van der Waals surface area (Å²) in [4.78, 5) is 12.2. The van der Waals surface area contributed by atoms with Gasteiger partial charge in [-0.05, 0) is 29.8 Å². The number of thioether (sulfide) groups is 1. The Bertz CT molecular complexity index is 889. The van der Waals surface area contributed by atoms with Crippen molar-refractivity contribution in [3.63, 3.8) is 0 Å². The first-order valence-electron chi connectivity index (χ1n) is 7.63. The van der Waals surface area contributed by atoms with Crippen molar-refractivity contribution in [3.8, 4) is 0 Å². The number of nitrogens with one attached hydrogen (secondary N) is 2. The molecule has 0 radical (unpaired) electrons. The summed E-state index contributed by atoms with van der Waals surface area (Å²) >= 11 is 13.8. The molecule has 5 nitrogen and oxygen atoms in total. The Kier molecular flexibility index (Phi) is 7.64. The van der Waals surface area contributed by atoms with Crippen molar-refractivity contribution in [1.29, 1.82) is 0 Å². The summed E-state index contributed by atoms with van der Waals surface area (Å²) in [5, 5.41) is 3.71. The van der Waals surface area contributed by atoms with Crippen molar-refractivity contribution in [2.75, 3.05) is 23.3 Å². The molecule has 0 saturated carbocycles. The molecule has 0 atom stereocenters. The van der Waals surface area contributed by atoms with Crippen LogP contribution in [0.4, 0.5) is 5.69 Å². The average Bonchev–Trinajstić information content (AvgIpc) is 2.54. The summed E-state index contributed by atoms with van der Waals surface area (Å²) in [6.07, 6.45) is 1.04. The van der Waals surface area contributed by atoms with Crippen molar-refractivity contribution in [1.82, 2.24) is 5.32 Å². The first-order valence-corrected chi connectivity index (χ1v) is 11.4. The maximum Gasteiger partial charge on any atom is 0.252 e. The molecule has 0 unspecified atom stereocenters. The number of benzene rings is 2. The Balaban J connectivity index is 1.81. The molecular formula is C17H18Cl2N2O3S2. The van der Waals surface area contributed by atoms with Gasteiger partial charge in [-0.15, -0.1) is 0 Å². The fourth-order valence-electron chi connectivity index (χ4n) is 2.11. The quantitative estimate of drug-likeness (QED) is 0.617. The maximum atomic E-state index is 12.2. The van der Waals surface area contributed by atoms with Crippen molar-refractivity contribution in [3.05, 3.63) is 63.6 Å². The zero-order valence-electron chi connectivity index (χ0n) is 14.0. The van der Waals surface area contributed by atoms with Crippen molar-refractivity contribution < 1.29 is 13.2 Å². The summed E-state index contributed by atoms with van der Waals surface area (Å²) in [6, 6.07) is 12.0. The predicted octanol–water partition coefficient (Wildman–Crippen LogP) is 4.03. The molecule has 2 N–H and O–H groups in total. The van der Waals surface area contributed by atoms with Gasteiger partial charge in [0.2, 0.25) is 10.0 Å². The van der Waals surface area contributed by atoms with Crippen LogP contribution in [-0.4, -0.2) is 32.9 Å². The van der Waals surface area contributed by atoms with Crippen LogP contribution in [0.1, 0.15) is 15.9 Å². The molecule has 0 saturated heterocycles. The molecule has 9 heteroatoms. The molecule has 0 bridgehead atoms. The second kappa shape index (κ2) is 9.50. The second-order valence-corrected chi connectivity index (χ2v) is 9.14. The highest BCUT2D eigenvalue weighted by atomic mass is 35.5. The minimum absolute atomic E-state index is 0.180. The van der Waals surface area contributed by atoms with E-state index in [1.54, 1.807) is 11.8 Å². The van der Waals surface area contributed by atoms with Gasteiger partial charge in [-0.25, -0.2) is 8.42 Å². The molecule has 0 fully saturated rings. The van der Waals surface area contributed by atoms with E-state index in [0.29, 0.717) is 17.8 Å². The molecule has 0 aromatic heterocycles. The number of sulfonamides is 1. The topological polar surface area (TPSA) is 75.3 Å². The Morgan fingerprint density at radius 2 is 1.85 bits per heavy atom. The van der Waals surface area contributed by atoms with Crippen LogP contribution < -0.4 is 10.0 Å². The SMILES string of the molecule is CS(=O)(=O)Nc1ccc(C(=O)NCCSCc2ccccc2Cl)c(Cl)c1. The summed E-state index contributed by atoms with van der Waals surface area (Å²) in [5.41, 5.74) is 1.66. The van der Waals surface area contributed by atoms with E-state index >= 15 is 0 Å². The molecule has 0 aliphatic rings. The van der Waals surface area contributed by atoms with E-state index in [1.807, 2.05) is 24.3 Å². The first-order chi connectivity index (χ1) is 12.3. The van der Waals surface area contributed by atoms with Gasteiger partial charge >= 0.3 is 0 Å². The lowest BCUT2D eigenvalue weighted by molar-refractivity contribution is 0.0956. The molecule has 26 heavy (non-hydrogen) atoms. The fraction of sp³-hybridized carbons (Fsp3) is 0.235. The number of hydrogen-bond acceptors (Lipinski definition) is 4. The molecule has 0 spiro atoms. The summed E-state index contributed by atoms with van der Waals surface area (Å²) in [7, 11) is -3.39. The smallest absolute Gasteiger partial charge is 0.252 e. The van der Waals surface area contributed by atoms with E-state index in [4.69, 9.17) is 23.2 Å². The molecule has 2 aromatic carbocycles. The Hall–Kier alpha value is -1.41. The van der Waals surface area contributed by atoms with Gasteiger partial charge < -0.3 is 5.32 Å². The van der Waals surface area contributed by atoms with Gasteiger partial charge in [0.15, 0.2) is 0 Å². The second-order valence-electron chi connectivity index (χ2n) is 5.47. The summed E-state index contributed by atoms with van der Waals surface area (Å²) in [6.45, 7) is 0.480. The van der Waals surface area contributed by atoms with E-state index in [9.17, 15) is 13.2 Å². The molecule has 0 aliphatic carbocycles. The number of hydrogen-bond donors (Lipinski definition) is 2. The van der Waals surface area contributed by atoms with Gasteiger partial charge in [0.25, 0.3) is 5.91 Å². The standard InChI is InChI=1S/C17H18Cl2N2O3S2/c1-26(23,24)21-13-6-7-14(16(19)10-13)17(22)20-8-9-25-11-12-4-2-3-5-15(12)18/h2-7,10,21H,8-9,11H2,1H3,(H,20,22). The maximum absolute atomic E-state index is 12.2. The molecule has 0 heterocycles. The monoisotopic (exact) mass is 432 g/mol. The number of carbonyl (C=O) groups excluding carboxylic acids is 1. The van der Waals surface area contributed by atoms with Gasteiger partial charge in [0, 0.05) is 28.8 Å². The molecule has 0 aliphatic heterocycles. The highest BCUT2D eigenvalue weighted by Gasteiger charge is 2.12. The van der Waals surface area contributed by atoms with E-state index in [2.05, 4.69) is 10.0 Å². The predicted molar refractivity (Wildman–Crippen MR) is 110 cm³/mol. The van der Waals surface area contributed by atoms with Crippen LogP contribution in [0, 0.1) is 0 Å². The summed E-state index contributed by atoms with van der Waals surface area (Å²) in [5.74, 6) is 1.18. The van der Waals surface area contributed by atoms with Crippen molar-refractivity contribution in [2.24, 2.45) is 0 Å². The van der Waals surface area contributed by atoms with Crippen LogP contribution in [0.5, 0.6) is 0 Å². The molecule has 140 valence electrons. The van der Waals surface area contributed by atoms with Gasteiger partial charge in [-0.3, -0.25) is 9.52 Å². The Morgan fingerprint density at radius 3 is 2.50 bits per heavy atom. The Labute approximate surface area is 167 Å². The number of rotatable bonds is 8. The minimum Gasteiger partial charge on any atom is -0.351 e. The third kappa shape index (κ3) is 6.72. The Morgan fingerprint density at radius 1 is 1.12 bits per heavy atom. The van der Waals surface area contributed by atoms with Crippen LogP contribution in [0.3, 0.4) is 0 Å². The minimum atomic E-state index is -3.39. The molecular weight excluding hydrogens is 415 g/mol. The van der Waals surface area contributed by atoms with Crippen LogP contribution in [0.2, 0.25) is 10.0 Å². The molecule has 2 rings (SSSR count). The third-order valence-corrected chi connectivity index (χ3v) is 5.56. The largest absolute Gasteiger partial charge is 0.351 e. The fourth-order valence-corrected chi connectivity index (χ4v) is 4.07. The average molecular weight is 433 g/mol. The highest BCUT2D eigenvalue weighted by Crippen LogP contribution is 2.22. The lowest BCUT2D eigenvalue weighted by Crippen LogP contribution is -2.26. The van der Waals surface area contributed by atoms with E-state index in [1.165, 1.54) is 18.2 Å². The zero-order chi connectivity index (χ0) is 19.2.